The molecule has 2 saturated heterocycles. The third-order valence-electron chi connectivity index (χ3n) is 6.91. The number of likely N-dealkylation sites (tertiary alicyclic amines) is 1. The number of benzene rings is 2. The highest BCUT2D eigenvalue weighted by Crippen LogP contribution is 2.35. The molecular formula is C25H32N2O3S. The first-order valence-electron chi connectivity index (χ1n) is 11.2. The Balaban J connectivity index is 1.43. The number of rotatable bonds is 4. The van der Waals surface area contributed by atoms with E-state index in [0.29, 0.717) is 30.8 Å². The van der Waals surface area contributed by atoms with Crippen molar-refractivity contribution in [1.29, 1.82) is 0 Å². The lowest BCUT2D eigenvalue weighted by molar-refractivity contribution is -0.137. The van der Waals surface area contributed by atoms with E-state index in [1.165, 1.54) is 21.0 Å². The standard InChI is InChI=1S/C25H32N2O3S/c1-18-6-10-23(11-7-18)31(29,30)26-15-12-21(13-16-26)25(28)27-14-4-5-24(27)22-9-8-19(2)20(3)17-22/h6-11,17,21,24H,4-5,12-16H2,1-3H3. The van der Waals surface area contributed by atoms with Crippen molar-refractivity contribution in [3.05, 3.63) is 64.7 Å². The van der Waals surface area contributed by atoms with Gasteiger partial charge in [0.15, 0.2) is 0 Å². The van der Waals surface area contributed by atoms with Crippen molar-refractivity contribution < 1.29 is 13.2 Å². The van der Waals surface area contributed by atoms with Gasteiger partial charge in [0, 0.05) is 25.6 Å². The number of sulfonamides is 1. The molecule has 0 aliphatic carbocycles. The highest BCUT2D eigenvalue weighted by Gasteiger charge is 2.37. The Morgan fingerprint density at radius 2 is 1.55 bits per heavy atom. The summed E-state index contributed by atoms with van der Waals surface area (Å²) in [6.07, 6.45) is 3.18. The normalized spacial score (nSPS) is 20.9. The SMILES string of the molecule is Cc1ccc(S(=O)(=O)N2CCC(C(=O)N3CCCC3c3ccc(C)c(C)c3)CC2)cc1. The van der Waals surface area contributed by atoms with E-state index in [0.717, 1.165) is 24.9 Å². The number of amides is 1. The van der Waals surface area contributed by atoms with Crippen molar-refractivity contribution in [3.63, 3.8) is 0 Å². The fourth-order valence-corrected chi connectivity index (χ4v) is 6.26. The van der Waals surface area contributed by atoms with Crippen molar-refractivity contribution in [2.75, 3.05) is 19.6 Å². The van der Waals surface area contributed by atoms with E-state index in [2.05, 4.69) is 32.0 Å². The minimum atomic E-state index is -3.50. The van der Waals surface area contributed by atoms with Crippen molar-refractivity contribution in [2.24, 2.45) is 5.92 Å². The molecule has 166 valence electrons. The van der Waals surface area contributed by atoms with Crippen LogP contribution in [0, 0.1) is 26.7 Å². The van der Waals surface area contributed by atoms with Gasteiger partial charge in [-0.3, -0.25) is 4.79 Å². The summed E-state index contributed by atoms with van der Waals surface area (Å²) in [7, 11) is -3.50. The molecule has 2 heterocycles. The molecule has 1 atom stereocenters. The molecule has 0 radical (unpaired) electrons. The Labute approximate surface area is 186 Å². The van der Waals surface area contributed by atoms with Gasteiger partial charge in [-0.05, 0) is 75.3 Å². The van der Waals surface area contributed by atoms with Gasteiger partial charge in [0.2, 0.25) is 15.9 Å². The Bertz CT molecular complexity index is 1050. The van der Waals surface area contributed by atoms with Crippen molar-refractivity contribution >= 4 is 15.9 Å². The molecule has 1 unspecified atom stereocenters. The van der Waals surface area contributed by atoms with Crippen molar-refractivity contribution in [1.82, 2.24) is 9.21 Å². The van der Waals surface area contributed by atoms with Crippen LogP contribution in [0.25, 0.3) is 0 Å². The van der Waals surface area contributed by atoms with Gasteiger partial charge >= 0.3 is 0 Å². The summed E-state index contributed by atoms with van der Waals surface area (Å²) >= 11 is 0. The van der Waals surface area contributed by atoms with E-state index in [-0.39, 0.29) is 17.9 Å². The number of carbonyl (C=O) groups excluding carboxylic acids is 1. The van der Waals surface area contributed by atoms with Crippen molar-refractivity contribution in [2.45, 2.75) is 57.4 Å². The zero-order valence-corrected chi connectivity index (χ0v) is 19.5. The van der Waals surface area contributed by atoms with Gasteiger partial charge in [0.1, 0.15) is 0 Å². The lowest BCUT2D eigenvalue weighted by Gasteiger charge is -2.34. The van der Waals surface area contributed by atoms with Crippen LogP contribution in [0.3, 0.4) is 0 Å². The van der Waals surface area contributed by atoms with Crippen LogP contribution in [-0.4, -0.2) is 43.2 Å². The predicted molar refractivity (Wildman–Crippen MR) is 122 cm³/mol. The quantitative estimate of drug-likeness (QED) is 0.709. The molecular weight excluding hydrogens is 408 g/mol. The molecule has 2 aliphatic rings. The van der Waals surface area contributed by atoms with Gasteiger partial charge in [-0.1, -0.05) is 35.9 Å². The smallest absolute Gasteiger partial charge is 0.243 e. The average molecular weight is 441 g/mol. The van der Waals surface area contributed by atoms with E-state index in [4.69, 9.17) is 0 Å². The Morgan fingerprint density at radius 1 is 0.871 bits per heavy atom. The van der Waals surface area contributed by atoms with E-state index in [1.54, 1.807) is 12.1 Å². The number of carbonyl (C=O) groups is 1. The van der Waals surface area contributed by atoms with Crippen LogP contribution < -0.4 is 0 Å². The van der Waals surface area contributed by atoms with Crippen molar-refractivity contribution in [3.8, 4) is 0 Å². The summed E-state index contributed by atoms with van der Waals surface area (Å²) in [5, 5.41) is 0. The van der Waals surface area contributed by atoms with Gasteiger partial charge < -0.3 is 4.90 Å². The summed E-state index contributed by atoms with van der Waals surface area (Å²) in [4.78, 5) is 15.7. The van der Waals surface area contributed by atoms with Crippen LogP contribution in [0.5, 0.6) is 0 Å². The number of nitrogens with zero attached hydrogens (tertiary/aromatic N) is 2. The molecule has 0 spiro atoms. The maximum Gasteiger partial charge on any atom is 0.243 e. The molecule has 2 aromatic carbocycles. The molecule has 0 saturated carbocycles. The third kappa shape index (κ3) is 4.41. The highest BCUT2D eigenvalue weighted by molar-refractivity contribution is 7.89. The molecule has 2 fully saturated rings. The van der Waals surface area contributed by atoms with Gasteiger partial charge in [-0.2, -0.15) is 4.31 Å². The first-order chi connectivity index (χ1) is 14.8. The molecule has 0 bridgehead atoms. The first-order valence-corrected chi connectivity index (χ1v) is 12.7. The second-order valence-electron chi connectivity index (χ2n) is 9.02. The fourth-order valence-electron chi connectivity index (χ4n) is 4.79. The van der Waals surface area contributed by atoms with Crippen LogP contribution in [0.1, 0.15) is 54.0 Å². The molecule has 2 aromatic rings. The minimum Gasteiger partial charge on any atom is -0.335 e. The number of aryl methyl sites for hydroxylation is 3. The number of piperidine rings is 1. The maximum absolute atomic E-state index is 13.4. The summed E-state index contributed by atoms with van der Waals surface area (Å²) in [6, 6.07) is 13.6. The van der Waals surface area contributed by atoms with E-state index in [9.17, 15) is 13.2 Å². The molecule has 0 aromatic heterocycles. The molecule has 1 amide bonds. The zero-order valence-electron chi connectivity index (χ0n) is 18.7. The van der Waals surface area contributed by atoms with Gasteiger partial charge in [-0.25, -0.2) is 8.42 Å². The second kappa shape index (κ2) is 8.75. The molecule has 31 heavy (non-hydrogen) atoms. The molecule has 2 aliphatic heterocycles. The summed E-state index contributed by atoms with van der Waals surface area (Å²) in [6.45, 7) is 7.75. The fraction of sp³-hybridized carbons (Fsp3) is 0.480. The third-order valence-corrected chi connectivity index (χ3v) is 8.83. The zero-order chi connectivity index (χ0) is 22.2. The highest BCUT2D eigenvalue weighted by atomic mass is 32.2. The number of hydrogen-bond acceptors (Lipinski definition) is 3. The predicted octanol–water partition coefficient (Wildman–Crippen LogP) is 4.38. The largest absolute Gasteiger partial charge is 0.335 e. The van der Waals surface area contributed by atoms with Crippen LogP contribution >= 0.6 is 0 Å². The van der Waals surface area contributed by atoms with Crippen LogP contribution in [0.2, 0.25) is 0 Å². The first kappa shape index (κ1) is 22.0. The summed E-state index contributed by atoms with van der Waals surface area (Å²) in [5.41, 5.74) is 4.77. The van der Waals surface area contributed by atoms with Crippen LogP contribution in [0.4, 0.5) is 0 Å². The van der Waals surface area contributed by atoms with E-state index in [1.807, 2.05) is 24.0 Å². The molecule has 5 nitrogen and oxygen atoms in total. The lowest BCUT2D eigenvalue weighted by atomic mass is 9.94. The van der Waals surface area contributed by atoms with Gasteiger partial charge in [0.05, 0.1) is 10.9 Å². The Hall–Kier alpha value is -2.18. The minimum absolute atomic E-state index is 0.100. The molecule has 0 N–H and O–H groups in total. The van der Waals surface area contributed by atoms with Gasteiger partial charge in [0.25, 0.3) is 0 Å². The second-order valence-corrected chi connectivity index (χ2v) is 11.0. The number of hydrogen-bond donors (Lipinski definition) is 0. The van der Waals surface area contributed by atoms with Crippen LogP contribution in [0.15, 0.2) is 47.4 Å². The molecule has 4 rings (SSSR count). The van der Waals surface area contributed by atoms with Crippen LogP contribution in [-0.2, 0) is 14.8 Å². The summed E-state index contributed by atoms with van der Waals surface area (Å²) < 4.78 is 27.5. The molecule has 6 heteroatoms. The Morgan fingerprint density at radius 3 is 2.19 bits per heavy atom. The lowest BCUT2D eigenvalue weighted by Crippen LogP contribution is -2.44. The maximum atomic E-state index is 13.4. The topological polar surface area (TPSA) is 57.7 Å². The monoisotopic (exact) mass is 440 g/mol. The average Bonchev–Trinajstić information content (AvgIpc) is 3.25. The van der Waals surface area contributed by atoms with Gasteiger partial charge in [-0.15, -0.1) is 0 Å². The van der Waals surface area contributed by atoms with E-state index >= 15 is 0 Å². The summed E-state index contributed by atoms with van der Waals surface area (Å²) in [5.74, 6) is 0.0877. The van der Waals surface area contributed by atoms with E-state index < -0.39 is 10.0 Å². The Kier molecular flexibility index (Phi) is 6.22.